The highest BCUT2D eigenvalue weighted by atomic mass is 79.9. The van der Waals surface area contributed by atoms with Gasteiger partial charge in [-0.15, -0.1) is 0 Å². The molecule has 21 heavy (non-hydrogen) atoms. The van der Waals surface area contributed by atoms with Gasteiger partial charge in [0.05, 0.1) is 10.2 Å². The van der Waals surface area contributed by atoms with Crippen LogP contribution in [0.25, 0.3) is 22.6 Å². The number of aromatic nitrogens is 1. The van der Waals surface area contributed by atoms with Gasteiger partial charge in [-0.05, 0) is 62.9 Å². The normalized spacial score (nSPS) is 11.2. The monoisotopic (exact) mass is 408 g/mol. The summed E-state index contributed by atoms with van der Waals surface area (Å²) in [7, 11) is 0. The summed E-state index contributed by atoms with van der Waals surface area (Å²) < 4.78 is 7.55. The standard InChI is InChI=1S/C16H14Br2N2O/c1-3-9-4-6-10(7-5-9)16-20-14-12(18)13(19)11(17)8(2)15(14)21-16/h4-7H,3,19H2,1-2H3. The summed E-state index contributed by atoms with van der Waals surface area (Å²) in [4.78, 5) is 4.59. The van der Waals surface area contributed by atoms with E-state index in [1.54, 1.807) is 0 Å². The summed E-state index contributed by atoms with van der Waals surface area (Å²) in [6.45, 7) is 4.10. The third-order valence-electron chi connectivity index (χ3n) is 3.59. The SMILES string of the molecule is CCc1ccc(-c2nc3c(Br)c(N)c(Br)c(C)c3o2)cc1. The number of hydrogen-bond acceptors (Lipinski definition) is 3. The molecule has 0 amide bonds. The first-order valence-corrected chi connectivity index (χ1v) is 8.24. The van der Waals surface area contributed by atoms with Crippen LogP contribution in [0.1, 0.15) is 18.1 Å². The number of nitrogens with zero attached hydrogens (tertiary/aromatic N) is 1. The van der Waals surface area contributed by atoms with E-state index in [0.29, 0.717) is 11.6 Å². The van der Waals surface area contributed by atoms with Gasteiger partial charge in [-0.1, -0.05) is 19.1 Å². The Morgan fingerprint density at radius 2 is 1.81 bits per heavy atom. The molecule has 2 N–H and O–H groups in total. The van der Waals surface area contributed by atoms with E-state index in [1.165, 1.54) is 5.56 Å². The number of nitrogens with two attached hydrogens (primary N) is 1. The Balaban J connectivity index is 2.21. The summed E-state index contributed by atoms with van der Waals surface area (Å²) in [6, 6.07) is 8.25. The fourth-order valence-electron chi connectivity index (χ4n) is 2.26. The molecule has 0 saturated carbocycles. The summed E-state index contributed by atoms with van der Waals surface area (Å²) in [6.07, 6.45) is 1.02. The van der Waals surface area contributed by atoms with Crippen LogP contribution in [-0.2, 0) is 6.42 Å². The number of anilines is 1. The predicted molar refractivity (Wildman–Crippen MR) is 93.4 cm³/mol. The maximum atomic E-state index is 6.06. The number of aryl methyl sites for hydroxylation is 2. The maximum Gasteiger partial charge on any atom is 0.227 e. The second-order valence-electron chi connectivity index (χ2n) is 4.91. The largest absolute Gasteiger partial charge is 0.436 e. The summed E-state index contributed by atoms with van der Waals surface area (Å²) in [5, 5.41) is 0. The van der Waals surface area contributed by atoms with Crippen molar-refractivity contribution in [2.75, 3.05) is 5.73 Å². The van der Waals surface area contributed by atoms with Crippen molar-refractivity contribution in [3.05, 3.63) is 44.3 Å². The zero-order valence-electron chi connectivity index (χ0n) is 11.7. The lowest BCUT2D eigenvalue weighted by Gasteiger charge is -2.05. The molecule has 0 atom stereocenters. The van der Waals surface area contributed by atoms with Crippen molar-refractivity contribution >= 4 is 48.6 Å². The van der Waals surface area contributed by atoms with E-state index in [-0.39, 0.29) is 0 Å². The van der Waals surface area contributed by atoms with Crippen molar-refractivity contribution in [1.29, 1.82) is 0 Å². The fourth-order valence-corrected chi connectivity index (χ4v) is 3.37. The van der Waals surface area contributed by atoms with E-state index in [4.69, 9.17) is 10.2 Å². The van der Waals surface area contributed by atoms with Crippen LogP contribution in [0.5, 0.6) is 0 Å². The highest BCUT2D eigenvalue weighted by Gasteiger charge is 2.18. The Kier molecular flexibility index (Phi) is 3.80. The molecular formula is C16H14Br2N2O. The van der Waals surface area contributed by atoms with Crippen LogP contribution in [0.15, 0.2) is 37.6 Å². The predicted octanol–water partition coefficient (Wildman–Crippen LogP) is 5.47. The number of halogens is 2. The van der Waals surface area contributed by atoms with Crippen molar-refractivity contribution in [2.45, 2.75) is 20.3 Å². The number of benzene rings is 2. The minimum absolute atomic E-state index is 0.606. The van der Waals surface area contributed by atoms with Gasteiger partial charge in [0.25, 0.3) is 0 Å². The van der Waals surface area contributed by atoms with E-state index in [1.807, 2.05) is 19.1 Å². The third kappa shape index (κ3) is 2.38. The van der Waals surface area contributed by atoms with Gasteiger partial charge in [0, 0.05) is 15.6 Å². The van der Waals surface area contributed by atoms with Gasteiger partial charge < -0.3 is 10.2 Å². The minimum Gasteiger partial charge on any atom is -0.436 e. The average molecular weight is 410 g/mol. The van der Waals surface area contributed by atoms with Gasteiger partial charge in [-0.3, -0.25) is 0 Å². The molecule has 0 spiro atoms. The Bertz CT molecular complexity index is 778. The molecule has 0 aliphatic heterocycles. The molecule has 0 bridgehead atoms. The molecular weight excluding hydrogens is 396 g/mol. The molecule has 3 nitrogen and oxygen atoms in total. The minimum atomic E-state index is 0.606. The van der Waals surface area contributed by atoms with E-state index >= 15 is 0 Å². The zero-order valence-corrected chi connectivity index (χ0v) is 14.9. The summed E-state index contributed by atoms with van der Waals surface area (Å²) in [5.41, 5.74) is 11.4. The molecule has 108 valence electrons. The summed E-state index contributed by atoms with van der Waals surface area (Å²) >= 11 is 6.99. The molecule has 0 aliphatic rings. The van der Waals surface area contributed by atoms with Crippen LogP contribution >= 0.6 is 31.9 Å². The molecule has 2 aromatic carbocycles. The molecule has 0 saturated heterocycles. The molecule has 3 rings (SSSR count). The average Bonchev–Trinajstić information content (AvgIpc) is 2.96. The van der Waals surface area contributed by atoms with Crippen molar-refractivity contribution in [3.63, 3.8) is 0 Å². The summed E-state index contributed by atoms with van der Waals surface area (Å²) in [5.74, 6) is 0.606. The topological polar surface area (TPSA) is 52.0 Å². The second kappa shape index (κ2) is 5.46. The highest BCUT2D eigenvalue weighted by molar-refractivity contribution is 9.11. The van der Waals surface area contributed by atoms with Crippen LogP contribution in [0, 0.1) is 6.92 Å². The van der Waals surface area contributed by atoms with Crippen LogP contribution in [-0.4, -0.2) is 4.98 Å². The fraction of sp³-hybridized carbons (Fsp3) is 0.188. The first-order chi connectivity index (χ1) is 10.0. The van der Waals surface area contributed by atoms with E-state index in [0.717, 1.165) is 37.6 Å². The quantitative estimate of drug-likeness (QED) is 0.570. The lowest BCUT2D eigenvalue weighted by molar-refractivity contribution is 0.617. The van der Waals surface area contributed by atoms with Crippen molar-refractivity contribution < 1.29 is 4.42 Å². The maximum absolute atomic E-state index is 6.06. The number of oxazole rings is 1. The number of nitrogen functional groups attached to an aromatic ring is 1. The molecule has 0 fully saturated rings. The zero-order chi connectivity index (χ0) is 15.1. The smallest absolute Gasteiger partial charge is 0.227 e. The van der Waals surface area contributed by atoms with Gasteiger partial charge in [-0.25, -0.2) is 4.98 Å². The second-order valence-corrected chi connectivity index (χ2v) is 6.50. The van der Waals surface area contributed by atoms with Gasteiger partial charge in [0.2, 0.25) is 5.89 Å². The van der Waals surface area contributed by atoms with E-state index in [9.17, 15) is 0 Å². The molecule has 0 aliphatic carbocycles. The van der Waals surface area contributed by atoms with Crippen molar-refractivity contribution in [1.82, 2.24) is 4.98 Å². The van der Waals surface area contributed by atoms with Crippen molar-refractivity contribution in [2.24, 2.45) is 0 Å². The lowest BCUT2D eigenvalue weighted by Crippen LogP contribution is -1.92. The van der Waals surface area contributed by atoms with Crippen molar-refractivity contribution in [3.8, 4) is 11.5 Å². The molecule has 1 heterocycles. The third-order valence-corrected chi connectivity index (χ3v) is 5.41. The Morgan fingerprint density at radius 1 is 1.14 bits per heavy atom. The molecule has 5 heteroatoms. The Labute approximate surface area is 139 Å². The van der Waals surface area contributed by atoms with Gasteiger partial charge in [-0.2, -0.15) is 0 Å². The van der Waals surface area contributed by atoms with Gasteiger partial charge in [0.1, 0.15) is 5.52 Å². The van der Waals surface area contributed by atoms with E-state index in [2.05, 4.69) is 55.9 Å². The molecule has 0 radical (unpaired) electrons. The van der Waals surface area contributed by atoms with Crippen LogP contribution in [0.3, 0.4) is 0 Å². The van der Waals surface area contributed by atoms with E-state index < -0.39 is 0 Å². The Morgan fingerprint density at radius 3 is 2.43 bits per heavy atom. The van der Waals surface area contributed by atoms with Crippen LogP contribution < -0.4 is 5.73 Å². The van der Waals surface area contributed by atoms with Gasteiger partial charge >= 0.3 is 0 Å². The highest BCUT2D eigenvalue weighted by Crippen LogP contribution is 2.40. The van der Waals surface area contributed by atoms with Crippen LogP contribution in [0.4, 0.5) is 5.69 Å². The first kappa shape index (κ1) is 14.6. The molecule has 0 unspecified atom stereocenters. The number of rotatable bonds is 2. The molecule has 3 aromatic rings. The first-order valence-electron chi connectivity index (χ1n) is 6.65. The Hall–Kier alpha value is -1.33. The van der Waals surface area contributed by atoms with Gasteiger partial charge in [0.15, 0.2) is 5.58 Å². The molecule has 1 aromatic heterocycles. The number of hydrogen-bond donors (Lipinski definition) is 1. The lowest BCUT2D eigenvalue weighted by atomic mass is 10.1. The van der Waals surface area contributed by atoms with Crippen LogP contribution in [0.2, 0.25) is 0 Å². The number of fused-ring (bicyclic) bond motifs is 1.